The summed E-state index contributed by atoms with van der Waals surface area (Å²) in [4.78, 5) is 13.7. The number of hydrogen-bond donors (Lipinski definition) is 1. The van der Waals surface area contributed by atoms with Crippen molar-refractivity contribution in [2.45, 2.75) is 38.6 Å². The second-order valence-corrected chi connectivity index (χ2v) is 11.4. The van der Waals surface area contributed by atoms with Crippen molar-refractivity contribution in [2.24, 2.45) is 0 Å². The number of rotatable bonds is 8. The molecule has 0 aliphatic heterocycles. The number of carbonyl (C=O) groups excluding carboxylic acids is 1. The SMILES string of the molecule is Cc1ccc([C@@H](NC(=O)CN(c2cc(C)cc(C)c2)S(=O)(=O)c2ccc(C)cc2)c2ccccc2)cc1. The number of aryl methyl sites for hydroxylation is 4. The minimum Gasteiger partial charge on any atom is -0.344 e. The maximum atomic E-state index is 13.8. The van der Waals surface area contributed by atoms with Gasteiger partial charge < -0.3 is 5.32 Å². The zero-order chi connectivity index (χ0) is 26.6. The van der Waals surface area contributed by atoms with Gasteiger partial charge in [0.1, 0.15) is 6.54 Å². The summed E-state index contributed by atoms with van der Waals surface area (Å²) in [5.41, 5.74) is 6.21. The molecule has 6 heteroatoms. The van der Waals surface area contributed by atoms with Crippen LogP contribution in [0.4, 0.5) is 5.69 Å². The molecule has 0 aliphatic carbocycles. The van der Waals surface area contributed by atoms with Crippen LogP contribution in [0.15, 0.2) is 102 Å². The lowest BCUT2D eigenvalue weighted by molar-refractivity contribution is -0.120. The van der Waals surface area contributed by atoms with Crippen LogP contribution in [-0.2, 0) is 14.8 Å². The topological polar surface area (TPSA) is 66.5 Å². The molecule has 0 aliphatic rings. The smallest absolute Gasteiger partial charge is 0.264 e. The summed E-state index contributed by atoms with van der Waals surface area (Å²) in [6.07, 6.45) is 0. The Labute approximate surface area is 219 Å². The number of amides is 1. The number of carbonyl (C=O) groups is 1. The predicted octanol–water partition coefficient (Wildman–Crippen LogP) is 6.02. The quantitative estimate of drug-likeness (QED) is 0.314. The number of anilines is 1. The molecule has 0 radical (unpaired) electrons. The maximum Gasteiger partial charge on any atom is 0.264 e. The molecule has 4 aromatic carbocycles. The largest absolute Gasteiger partial charge is 0.344 e. The van der Waals surface area contributed by atoms with Crippen molar-refractivity contribution in [1.29, 1.82) is 0 Å². The van der Waals surface area contributed by atoms with Gasteiger partial charge in [0.2, 0.25) is 5.91 Å². The number of hydrogen-bond acceptors (Lipinski definition) is 3. The van der Waals surface area contributed by atoms with Crippen LogP contribution in [0.3, 0.4) is 0 Å². The maximum absolute atomic E-state index is 13.8. The molecular weight excluding hydrogens is 480 g/mol. The van der Waals surface area contributed by atoms with E-state index in [4.69, 9.17) is 0 Å². The lowest BCUT2D eigenvalue weighted by Crippen LogP contribution is -2.42. The van der Waals surface area contributed by atoms with Gasteiger partial charge in [-0.2, -0.15) is 0 Å². The van der Waals surface area contributed by atoms with E-state index in [1.807, 2.05) is 88.4 Å². The summed E-state index contributed by atoms with van der Waals surface area (Å²) >= 11 is 0. The highest BCUT2D eigenvalue weighted by molar-refractivity contribution is 7.92. The molecule has 4 rings (SSSR count). The normalized spacial score (nSPS) is 12.1. The monoisotopic (exact) mass is 512 g/mol. The second kappa shape index (κ2) is 11.0. The summed E-state index contributed by atoms with van der Waals surface area (Å²) in [6, 6.07) is 29.5. The Morgan fingerprint density at radius 3 is 1.78 bits per heavy atom. The van der Waals surface area contributed by atoms with E-state index in [2.05, 4.69) is 5.32 Å². The third kappa shape index (κ3) is 6.27. The molecule has 0 unspecified atom stereocenters. The number of sulfonamides is 1. The molecule has 0 aromatic heterocycles. The van der Waals surface area contributed by atoms with Crippen molar-refractivity contribution in [3.63, 3.8) is 0 Å². The summed E-state index contributed by atoms with van der Waals surface area (Å²) in [5.74, 6) is -0.399. The van der Waals surface area contributed by atoms with Crippen molar-refractivity contribution in [3.05, 3.63) is 130 Å². The molecule has 5 nitrogen and oxygen atoms in total. The molecule has 1 atom stereocenters. The van der Waals surface area contributed by atoms with Crippen LogP contribution in [0.5, 0.6) is 0 Å². The summed E-state index contributed by atoms with van der Waals surface area (Å²) in [6.45, 7) is 7.39. The van der Waals surface area contributed by atoms with Gasteiger partial charge in [-0.25, -0.2) is 8.42 Å². The standard InChI is InChI=1S/C31H32N2O3S/c1-22-10-14-27(15-11-22)31(26-8-6-5-7-9-26)32-30(34)21-33(28-19-24(3)18-25(4)20-28)37(35,36)29-16-12-23(2)13-17-29/h5-20,31H,21H2,1-4H3,(H,32,34)/t31-/m0/s1. The Bertz CT molecular complexity index is 1460. The van der Waals surface area contributed by atoms with Gasteiger partial charge in [0.15, 0.2) is 0 Å². The van der Waals surface area contributed by atoms with Crippen molar-refractivity contribution in [1.82, 2.24) is 5.32 Å². The lowest BCUT2D eigenvalue weighted by atomic mass is 9.98. The minimum absolute atomic E-state index is 0.142. The van der Waals surface area contributed by atoms with E-state index < -0.39 is 22.0 Å². The average molecular weight is 513 g/mol. The van der Waals surface area contributed by atoms with E-state index in [1.54, 1.807) is 36.4 Å². The van der Waals surface area contributed by atoms with Crippen LogP contribution >= 0.6 is 0 Å². The molecule has 37 heavy (non-hydrogen) atoms. The van der Waals surface area contributed by atoms with Gasteiger partial charge in [-0.3, -0.25) is 9.10 Å². The molecule has 0 fully saturated rings. The van der Waals surface area contributed by atoms with E-state index in [1.165, 1.54) is 4.31 Å². The molecule has 0 bridgehead atoms. The highest BCUT2D eigenvalue weighted by Crippen LogP contribution is 2.27. The third-order valence-corrected chi connectivity index (χ3v) is 8.03. The van der Waals surface area contributed by atoms with Gasteiger partial charge >= 0.3 is 0 Å². The van der Waals surface area contributed by atoms with E-state index in [0.29, 0.717) is 5.69 Å². The van der Waals surface area contributed by atoms with Crippen LogP contribution in [0.1, 0.15) is 39.4 Å². The van der Waals surface area contributed by atoms with Crippen LogP contribution in [-0.4, -0.2) is 20.9 Å². The Morgan fingerprint density at radius 2 is 1.22 bits per heavy atom. The lowest BCUT2D eigenvalue weighted by Gasteiger charge is -2.27. The van der Waals surface area contributed by atoms with Gasteiger partial charge in [-0.1, -0.05) is 83.9 Å². The average Bonchev–Trinajstić information content (AvgIpc) is 2.86. The fraction of sp³-hybridized carbons (Fsp3) is 0.194. The van der Waals surface area contributed by atoms with Gasteiger partial charge in [-0.15, -0.1) is 0 Å². The van der Waals surface area contributed by atoms with E-state index in [0.717, 1.165) is 33.4 Å². The second-order valence-electron chi connectivity index (χ2n) is 9.49. The van der Waals surface area contributed by atoms with Crippen molar-refractivity contribution in [2.75, 3.05) is 10.8 Å². The van der Waals surface area contributed by atoms with Gasteiger partial charge in [0, 0.05) is 0 Å². The molecule has 1 amide bonds. The molecule has 1 N–H and O–H groups in total. The van der Waals surface area contributed by atoms with Crippen LogP contribution < -0.4 is 9.62 Å². The fourth-order valence-electron chi connectivity index (χ4n) is 4.35. The van der Waals surface area contributed by atoms with E-state index >= 15 is 0 Å². The molecule has 0 saturated heterocycles. The predicted molar refractivity (Wildman–Crippen MR) is 149 cm³/mol. The zero-order valence-electron chi connectivity index (χ0n) is 21.6. The number of nitrogens with zero attached hydrogens (tertiary/aromatic N) is 1. The molecule has 0 spiro atoms. The first kappa shape index (κ1) is 26.2. The molecule has 190 valence electrons. The van der Waals surface area contributed by atoms with Gasteiger partial charge in [0.05, 0.1) is 16.6 Å². The van der Waals surface area contributed by atoms with Crippen LogP contribution in [0, 0.1) is 27.7 Å². The Hall–Kier alpha value is -3.90. The Kier molecular flexibility index (Phi) is 7.79. The van der Waals surface area contributed by atoms with Crippen molar-refractivity contribution in [3.8, 4) is 0 Å². The fourth-order valence-corrected chi connectivity index (χ4v) is 5.75. The summed E-state index contributed by atoms with van der Waals surface area (Å²) < 4.78 is 28.8. The van der Waals surface area contributed by atoms with Crippen molar-refractivity contribution >= 4 is 21.6 Å². The summed E-state index contributed by atoms with van der Waals surface area (Å²) in [7, 11) is -4.00. The van der Waals surface area contributed by atoms with E-state index in [9.17, 15) is 13.2 Å². The highest BCUT2D eigenvalue weighted by atomic mass is 32.2. The first-order chi connectivity index (χ1) is 17.6. The number of nitrogens with one attached hydrogen (secondary N) is 1. The molecule has 0 heterocycles. The van der Waals surface area contributed by atoms with Gasteiger partial charge in [-0.05, 0) is 74.2 Å². The molecule has 0 saturated carbocycles. The first-order valence-electron chi connectivity index (χ1n) is 12.2. The van der Waals surface area contributed by atoms with Crippen molar-refractivity contribution < 1.29 is 13.2 Å². The molecule has 4 aromatic rings. The van der Waals surface area contributed by atoms with Crippen LogP contribution in [0.2, 0.25) is 0 Å². The van der Waals surface area contributed by atoms with Crippen LogP contribution in [0.25, 0.3) is 0 Å². The first-order valence-corrected chi connectivity index (χ1v) is 13.7. The Balaban J connectivity index is 1.71. The zero-order valence-corrected chi connectivity index (χ0v) is 22.4. The minimum atomic E-state index is -4.00. The number of benzene rings is 4. The Morgan fingerprint density at radius 1 is 0.703 bits per heavy atom. The molecular formula is C31H32N2O3S. The highest BCUT2D eigenvalue weighted by Gasteiger charge is 2.29. The van der Waals surface area contributed by atoms with E-state index in [-0.39, 0.29) is 11.4 Å². The third-order valence-electron chi connectivity index (χ3n) is 6.24. The van der Waals surface area contributed by atoms with Gasteiger partial charge in [0.25, 0.3) is 10.0 Å². The summed E-state index contributed by atoms with van der Waals surface area (Å²) in [5, 5.41) is 3.09.